The van der Waals surface area contributed by atoms with Gasteiger partial charge in [0, 0.05) is 42.6 Å². The maximum Gasteiger partial charge on any atom is 0.230 e. The van der Waals surface area contributed by atoms with Crippen molar-refractivity contribution in [2.45, 2.75) is 28.4 Å². The van der Waals surface area contributed by atoms with Gasteiger partial charge in [0.05, 0.1) is 19.0 Å². The van der Waals surface area contributed by atoms with E-state index in [1.165, 1.54) is 23.0 Å². The van der Waals surface area contributed by atoms with Gasteiger partial charge in [-0.05, 0) is 36.8 Å². The number of benzene rings is 2. The lowest BCUT2D eigenvalue weighted by Crippen LogP contribution is -2.36. The zero-order valence-electron chi connectivity index (χ0n) is 18.0. The van der Waals surface area contributed by atoms with E-state index in [1.54, 1.807) is 24.2 Å². The second-order valence-corrected chi connectivity index (χ2v) is 9.44. The van der Waals surface area contributed by atoms with E-state index in [0.29, 0.717) is 12.3 Å². The highest BCUT2D eigenvalue weighted by Gasteiger charge is 2.12. The molecule has 1 fully saturated rings. The number of morpholine rings is 1. The molecule has 1 aliphatic rings. The van der Waals surface area contributed by atoms with Crippen LogP contribution in [0, 0.1) is 6.92 Å². The second kappa shape index (κ2) is 11.4. The van der Waals surface area contributed by atoms with Crippen molar-refractivity contribution in [1.29, 1.82) is 0 Å². The molecule has 0 spiro atoms. The molecule has 32 heavy (non-hydrogen) atoms. The first-order chi connectivity index (χ1) is 15.7. The number of carbonyl (C=O) groups is 1. The standard InChI is InChI=1S/C24H26N4O2S2/c1-18-3-2-4-21(15-18)32-24-23(25-9-10-26-24)31-17-22(29)27-16-19-5-7-20(8-6-19)28-11-13-30-14-12-28/h2-10,15H,11-14,16-17H2,1H3,(H,27,29). The molecule has 1 amide bonds. The minimum absolute atomic E-state index is 0.0237. The first-order valence-corrected chi connectivity index (χ1v) is 12.3. The minimum atomic E-state index is -0.0237. The molecule has 0 saturated carbocycles. The van der Waals surface area contributed by atoms with Crippen LogP contribution in [-0.4, -0.2) is 47.9 Å². The van der Waals surface area contributed by atoms with Crippen molar-refractivity contribution in [3.8, 4) is 0 Å². The molecule has 4 rings (SSSR count). The lowest BCUT2D eigenvalue weighted by molar-refractivity contribution is -0.118. The summed E-state index contributed by atoms with van der Waals surface area (Å²) in [5.41, 5.74) is 3.47. The van der Waals surface area contributed by atoms with Crippen molar-refractivity contribution in [3.05, 3.63) is 72.1 Å². The van der Waals surface area contributed by atoms with E-state index in [9.17, 15) is 4.79 Å². The first kappa shape index (κ1) is 22.6. The van der Waals surface area contributed by atoms with Crippen LogP contribution in [0.15, 0.2) is 75.9 Å². The number of anilines is 1. The van der Waals surface area contributed by atoms with Gasteiger partial charge in [0.15, 0.2) is 0 Å². The Morgan fingerprint density at radius 3 is 2.56 bits per heavy atom. The van der Waals surface area contributed by atoms with Gasteiger partial charge in [0.25, 0.3) is 0 Å². The number of thioether (sulfide) groups is 1. The molecule has 6 nitrogen and oxygen atoms in total. The second-order valence-electron chi connectivity index (χ2n) is 7.42. The number of nitrogens with zero attached hydrogens (tertiary/aromatic N) is 3. The fourth-order valence-corrected chi connectivity index (χ4v) is 5.16. The van der Waals surface area contributed by atoms with Crippen LogP contribution in [-0.2, 0) is 16.1 Å². The summed E-state index contributed by atoms with van der Waals surface area (Å²) in [5, 5.41) is 4.58. The fraction of sp³-hybridized carbons (Fsp3) is 0.292. The molecule has 1 aliphatic heterocycles. The van der Waals surface area contributed by atoms with Crippen molar-refractivity contribution < 1.29 is 9.53 Å². The Kier molecular flexibility index (Phi) is 8.03. The van der Waals surface area contributed by atoms with Gasteiger partial charge < -0.3 is 15.0 Å². The maximum atomic E-state index is 12.4. The van der Waals surface area contributed by atoms with E-state index in [1.807, 2.05) is 6.07 Å². The number of ether oxygens (including phenoxy) is 1. The highest BCUT2D eigenvalue weighted by atomic mass is 32.2. The molecule has 2 aromatic carbocycles. The van der Waals surface area contributed by atoms with E-state index < -0.39 is 0 Å². The van der Waals surface area contributed by atoms with E-state index in [-0.39, 0.29) is 5.91 Å². The van der Waals surface area contributed by atoms with Gasteiger partial charge in [0.1, 0.15) is 10.1 Å². The molecule has 0 radical (unpaired) electrons. The van der Waals surface area contributed by atoms with Crippen LogP contribution in [0.5, 0.6) is 0 Å². The molecule has 0 unspecified atom stereocenters. The summed E-state index contributed by atoms with van der Waals surface area (Å²) >= 11 is 2.98. The molecule has 166 valence electrons. The van der Waals surface area contributed by atoms with Crippen molar-refractivity contribution in [3.63, 3.8) is 0 Å². The van der Waals surface area contributed by atoms with E-state index >= 15 is 0 Å². The number of carbonyl (C=O) groups excluding carboxylic acids is 1. The number of hydrogen-bond donors (Lipinski definition) is 1. The minimum Gasteiger partial charge on any atom is -0.378 e. The number of aromatic nitrogens is 2. The summed E-state index contributed by atoms with van der Waals surface area (Å²) in [4.78, 5) is 24.7. The average Bonchev–Trinajstić information content (AvgIpc) is 2.83. The van der Waals surface area contributed by atoms with E-state index in [0.717, 1.165) is 46.8 Å². The monoisotopic (exact) mass is 466 g/mol. The van der Waals surface area contributed by atoms with Crippen LogP contribution < -0.4 is 10.2 Å². The molecule has 8 heteroatoms. The Morgan fingerprint density at radius 2 is 1.81 bits per heavy atom. The van der Waals surface area contributed by atoms with E-state index in [4.69, 9.17) is 4.74 Å². The summed E-state index contributed by atoms with van der Waals surface area (Å²) in [6, 6.07) is 16.6. The Labute approximate surface area is 197 Å². The zero-order valence-corrected chi connectivity index (χ0v) is 19.6. The number of rotatable bonds is 8. The zero-order chi connectivity index (χ0) is 22.2. The normalized spacial score (nSPS) is 13.7. The Balaban J connectivity index is 1.27. The van der Waals surface area contributed by atoms with Crippen molar-refractivity contribution >= 4 is 35.1 Å². The fourth-order valence-electron chi connectivity index (χ4n) is 3.30. The molecule has 0 bridgehead atoms. The third-order valence-corrected chi connectivity index (χ3v) is 7.07. The summed E-state index contributed by atoms with van der Waals surface area (Å²) in [7, 11) is 0. The molecular weight excluding hydrogens is 440 g/mol. The SMILES string of the molecule is Cc1cccc(Sc2nccnc2SCC(=O)NCc2ccc(N3CCOCC3)cc2)c1. The van der Waals surface area contributed by atoms with Crippen LogP contribution in [0.4, 0.5) is 5.69 Å². The Morgan fingerprint density at radius 1 is 1.06 bits per heavy atom. The predicted octanol–water partition coefficient (Wildman–Crippen LogP) is 4.18. The van der Waals surface area contributed by atoms with Gasteiger partial charge in [0.2, 0.25) is 5.91 Å². The molecule has 0 aliphatic carbocycles. The van der Waals surface area contributed by atoms with Crippen LogP contribution in [0.3, 0.4) is 0 Å². The number of nitrogens with one attached hydrogen (secondary N) is 1. The van der Waals surface area contributed by atoms with Gasteiger partial charge in [-0.15, -0.1) is 0 Å². The van der Waals surface area contributed by atoms with Crippen LogP contribution in [0.2, 0.25) is 0 Å². The summed E-state index contributed by atoms with van der Waals surface area (Å²) in [6.07, 6.45) is 3.35. The highest BCUT2D eigenvalue weighted by Crippen LogP contribution is 2.32. The summed E-state index contributed by atoms with van der Waals surface area (Å²) in [6.45, 7) is 5.95. The van der Waals surface area contributed by atoms with Gasteiger partial charge >= 0.3 is 0 Å². The molecule has 2 heterocycles. The lowest BCUT2D eigenvalue weighted by Gasteiger charge is -2.28. The average molecular weight is 467 g/mol. The van der Waals surface area contributed by atoms with Crippen molar-refractivity contribution in [1.82, 2.24) is 15.3 Å². The Hall–Kier alpha value is -2.55. The molecule has 1 saturated heterocycles. The van der Waals surface area contributed by atoms with Crippen LogP contribution in [0.25, 0.3) is 0 Å². The van der Waals surface area contributed by atoms with Gasteiger partial charge in [-0.1, -0.05) is 53.4 Å². The first-order valence-electron chi connectivity index (χ1n) is 10.5. The van der Waals surface area contributed by atoms with Crippen LogP contribution in [0.1, 0.15) is 11.1 Å². The molecule has 3 aromatic rings. The smallest absolute Gasteiger partial charge is 0.230 e. The number of aryl methyl sites for hydroxylation is 1. The Bertz CT molecular complexity index is 1040. The van der Waals surface area contributed by atoms with Crippen LogP contribution >= 0.6 is 23.5 Å². The summed E-state index contributed by atoms with van der Waals surface area (Å²) < 4.78 is 5.41. The van der Waals surface area contributed by atoms with Crippen molar-refractivity contribution in [2.75, 3.05) is 37.0 Å². The quantitative estimate of drug-likeness (QED) is 0.500. The third-order valence-electron chi connectivity index (χ3n) is 4.98. The van der Waals surface area contributed by atoms with Gasteiger partial charge in [-0.2, -0.15) is 0 Å². The maximum absolute atomic E-state index is 12.4. The third kappa shape index (κ3) is 6.48. The van der Waals surface area contributed by atoms with Gasteiger partial charge in [-0.3, -0.25) is 4.79 Å². The summed E-state index contributed by atoms with van der Waals surface area (Å²) in [5.74, 6) is 0.274. The molecule has 1 N–H and O–H groups in total. The van der Waals surface area contributed by atoms with Gasteiger partial charge in [-0.25, -0.2) is 9.97 Å². The number of amides is 1. The number of hydrogen-bond acceptors (Lipinski definition) is 7. The topological polar surface area (TPSA) is 67.4 Å². The molecule has 1 aromatic heterocycles. The molecule has 0 atom stereocenters. The van der Waals surface area contributed by atoms with E-state index in [2.05, 4.69) is 69.6 Å². The lowest BCUT2D eigenvalue weighted by atomic mass is 10.2. The largest absolute Gasteiger partial charge is 0.378 e. The predicted molar refractivity (Wildman–Crippen MR) is 129 cm³/mol. The van der Waals surface area contributed by atoms with Crippen molar-refractivity contribution in [2.24, 2.45) is 0 Å². The highest BCUT2D eigenvalue weighted by molar-refractivity contribution is 8.02. The molecular formula is C24H26N4O2S2.